The first-order valence-electron chi connectivity index (χ1n) is 5.50. The third kappa shape index (κ3) is 1.56. The molecule has 0 aliphatic rings. The van der Waals surface area contributed by atoms with Crippen molar-refractivity contribution >= 4 is 22.4 Å². The zero-order valence-corrected chi connectivity index (χ0v) is 10.4. The number of aromatic nitrogens is 1. The topological polar surface area (TPSA) is 46.3 Å². The Morgan fingerprint density at radius 3 is 2.67 bits per heavy atom. The molecule has 0 bridgehead atoms. The summed E-state index contributed by atoms with van der Waals surface area (Å²) in [5.41, 5.74) is 1.40. The molecule has 0 atom stereocenters. The van der Waals surface area contributed by atoms with Crippen LogP contribution in [-0.4, -0.2) is 10.1 Å². The Balaban J connectivity index is 2.37. The fourth-order valence-electron chi connectivity index (χ4n) is 1.99. The van der Waals surface area contributed by atoms with Gasteiger partial charge in [0.25, 0.3) is 0 Å². The number of halogens is 1. The third-order valence-corrected chi connectivity index (χ3v) is 3.17. The minimum Gasteiger partial charge on any atom is -0.505 e. The van der Waals surface area contributed by atoms with E-state index in [-0.39, 0.29) is 5.75 Å². The van der Waals surface area contributed by atoms with Crippen LogP contribution in [-0.2, 0) is 0 Å². The number of hydrogen-bond acceptors (Lipinski definition) is 3. The van der Waals surface area contributed by atoms with E-state index in [1.807, 2.05) is 30.3 Å². The van der Waals surface area contributed by atoms with E-state index in [1.54, 1.807) is 6.92 Å². The van der Waals surface area contributed by atoms with Gasteiger partial charge in [0.2, 0.25) is 0 Å². The van der Waals surface area contributed by atoms with Crippen LogP contribution >= 0.6 is 11.6 Å². The molecule has 2 aromatic heterocycles. The van der Waals surface area contributed by atoms with Gasteiger partial charge in [-0.2, -0.15) is 0 Å². The van der Waals surface area contributed by atoms with Crippen LogP contribution in [0.15, 0.2) is 41.0 Å². The highest BCUT2D eigenvalue weighted by Crippen LogP contribution is 2.39. The maximum Gasteiger partial charge on any atom is 0.147 e. The van der Waals surface area contributed by atoms with E-state index in [2.05, 4.69) is 4.98 Å². The molecular formula is C14H10ClNO2. The lowest BCUT2D eigenvalue weighted by Crippen LogP contribution is -1.85. The van der Waals surface area contributed by atoms with E-state index in [4.69, 9.17) is 16.0 Å². The summed E-state index contributed by atoms with van der Waals surface area (Å²) in [6.07, 6.45) is 1.51. The maximum absolute atomic E-state index is 9.96. The monoisotopic (exact) mass is 259 g/mol. The number of rotatable bonds is 1. The first-order valence-corrected chi connectivity index (χ1v) is 5.88. The van der Waals surface area contributed by atoms with Crippen LogP contribution < -0.4 is 0 Å². The van der Waals surface area contributed by atoms with Gasteiger partial charge >= 0.3 is 0 Å². The van der Waals surface area contributed by atoms with Gasteiger partial charge in [-0.05, 0) is 6.92 Å². The Kier molecular flexibility index (Phi) is 2.49. The normalized spacial score (nSPS) is 11.0. The molecule has 0 unspecified atom stereocenters. The van der Waals surface area contributed by atoms with Crippen LogP contribution in [0.2, 0.25) is 5.15 Å². The van der Waals surface area contributed by atoms with Crippen LogP contribution in [0, 0.1) is 6.92 Å². The van der Waals surface area contributed by atoms with Crippen LogP contribution in [0.5, 0.6) is 5.75 Å². The number of benzene rings is 1. The molecule has 1 N–H and O–H groups in total. The lowest BCUT2D eigenvalue weighted by molar-refractivity contribution is 0.473. The van der Waals surface area contributed by atoms with Gasteiger partial charge in [-0.3, -0.25) is 0 Å². The first kappa shape index (κ1) is 11.1. The van der Waals surface area contributed by atoms with Crippen LogP contribution in [0.1, 0.15) is 5.69 Å². The SMILES string of the molecule is Cc1nc(Cl)c2c(-c3ccccc3)occ2c1O. The second-order valence-electron chi connectivity index (χ2n) is 4.06. The van der Waals surface area contributed by atoms with Crippen molar-refractivity contribution in [3.63, 3.8) is 0 Å². The number of nitrogens with zero attached hydrogens (tertiary/aromatic N) is 1. The standard InChI is InChI=1S/C14H10ClNO2/c1-8-12(17)10-7-18-13(11(10)14(15)16-8)9-5-3-2-4-6-9/h2-7,17H,1H3. The number of aryl methyl sites for hydroxylation is 1. The van der Waals surface area contributed by atoms with Gasteiger partial charge in [0.1, 0.15) is 22.9 Å². The number of furan rings is 1. The highest BCUT2D eigenvalue weighted by molar-refractivity contribution is 6.35. The van der Waals surface area contributed by atoms with Crippen LogP contribution in [0.3, 0.4) is 0 Å². The summed E-state index contributed by atoms with van der Waals surface area (Å²) in [4.78, 5) is 4.12. The molecule has 0 amide bonds. The Morgan fingerprint density at radius 1 is 1.22 bits per heavy atom. The van der Waals surface area contributed by atoms with Crippen molar-refractivity contribution in [2.75, 3.05) is 0 Å². The minimum atomic E-state index is 0.111. The van der Waals surface area contributed by atoms with E-state index in [0.717, 1.165) is 5.56 Å². The highest BCUT2D eigenvalue weighted by Gasteiger charge is 2.17. The van der Waals surface area contributed by atoms with Crippen molar-refractivity contribution in [2.45, 2.75) is 6.92 Å². The summed E-state index contributed by atoms with van der Waals surface area (Å²) in [7, 11) is 0. The van der Waals surface area contributed by atoms with Crippen molar-refractivity contribution in [3.8, 4) is 17.1 Å². The molecule has 2 heterocycles. The zero-order chi connectivity index (χ0) is 12.7. The Bertz CT molecular complexity index is 719. The molecule has 1 aromatic carbocycles. The number of hydrogen-bond donors (Lipinski definition) is 1. The van der Waals surface area contributed by atoms with Gasteiger partial charge in [0, 0.05) is 5.56 Å². The zero-order valence-electron chi connectivity index (χ0n) is 9.64. The summed E-state index contributed by atoms with van der Waals surface area (Å²) in [6, 6.07) is 9.60. The quantitative estimate of drug-likeness (QED) is 0.668. The molecule has 4 heteroatoms. The van der Waals surface area contributed by atoms with Crippen LogP contribution in [0.4, 0.5) is 0 Å². The highest BCUT2D eigenvalue weighted by atomic mass is 35.5. The predicted octanol–water partition coefficient (Wildman–Crippen LogP) is 4.16. The maximum atomic E-state index is 9.96. The van der Waals surface area contributed by atoms with Crippen molar-refractivity contribution in [2.24, 2.45) is 0 Å². The molecule has 0 fully saturated rings. The largest absolute Gasteiger partial charge is 0.505 e. The summed E-state index contributed by atoms with van der Waals surface area (Å²) >= 11 is 6.15. The first-order chi connectivity index (χ1) is 8.68. The molecule has 3 nitrogen and oxygen atoms in total. The molecule has 3 rings (SSSR count). The molecule has 0 radical (unpaired) electrons. The van der Waals surface area contributed by atoms with E-state index >= 15 is 0 Å². The van der Waals surface area contributed by atoms with Gasteiger partial charge in [-0.15, -0.1) is 0 Å². The molecule has 0 aliphatic carbocycles. The number of fused-ring (bicyclic) bond motifs is 1. The van der Waals surface area contributed by atoms with E-state index in [9.17, 15) is 5.11 Å². The third-order valence-electron chi connectivity index (χ3n) is 2.90. The molecule has 90 valence electrons. The lowest BCUT2D eigenvalue weighted by Gasteiger charge is -2.02. The van der Waals surface area contributed by atoms with Gasteiger partial charge < -0.3 is 9.52 Å². The predicted molar refractivity (Wildman–Crippen MR) is 70.9 cm³/mol. The molecule has 0 aliphatic heterocycles. The molecule has 3 aromatic rings. The minimum absolute atomic E-state index is 0.111. The Hall–Kier alpha value is -2.00. The van der Waals surface area contributed by atoms with Crippen molar-refractivity contribution in [1.82, 2.24) is 4.98 Å². The summed E-state index contributed by atoms with van der Waals surface area (Å²) in [5.74, 6) is 0.735. The smallest absolute Gasteiger partial charge is 0.147 e. The number of aromatic hydroxyl groups is 1. The molecule has 18 heavy (non-hydrogen) atoms. The molecule has 0 spiro atoms. The van der Waals surface area contributed by atoms with Gasteiger partial charge in [-0.1, -0.05) is 41.9 Å². The number of pyridine rings is 1. The lowest BCUT2D eigenvalue weighted by atomic mass is 10.1. The fourth-order valence-corrected chi connectivity index (χ4v) is 2.30. The molecule has 0 saturated heterocycles. The van der Waals surface area contributed by atoms with E-state index in [0.29, 0.717) is 27.4 Å². The summed E-state index contributed by atoms with van der Waals surface area (Å²) < 4.78 is 5.53. The van der Waals surface area contributed by atoms with E-state index in [1.165, 1.54) is 6.26 Å². The Morgan fingerprint density at radius 2 is 1.94 bits per heavy atom. The summed E-state index contributed by atoms with van der Waals surface area (Å²) in [6.45, 7) is 1.70. The van der Waals surface area contributed by atoms with Crippen molar-refractivity contribution in [1.29, 1.82) is 0 Å². The van der Waals surface area contributed by atoms with Crippen molar-refractivity contribution < 1.29 is 9.52 Å². The van der Waals surface area contributed by atoms with Crippen LogP contribution in [0.25, 0.3) is 22.1 Å². The molecule has 0 saturated carbocycles. The second kappa shape index (κ2) is 4.03. The molecular weight excluding hydrogens is 250 g/mol. The summed E-state index contributed by atoms with van der Waals surface area (Å²) in [5, 5.41) is 11.5. The van der Waals surface area contributed by atoms with Gasteiger partial charge in [0.05, 0.1) is 16.5 Å². The van der Waals surface area contributed by atoms with E-state index < -0.39 is 0 Å². The van der Waals surface area contributed by atoms with Crippen molar-refractivity contribution in [3.05, 3.63) is 47.4 Å². The average Bonchev–Trinajstić information content (AvgIpc) is 2.82. The Labute approximate surface area is 109 Å². The van der Waals surface area contributed by atoms with Gasteiger partial charge in [-0.25, -0.2) is 4.98 Å². The fraction of sp³-hybridized carbons (Fsp3) is 0.0714. The van der Waals surface area contributed by atoms with Gasteiger partial charge in [0.15, 0.2) is 0 Å². The average molecular weight is 260 g/mol. The second-order valence-corrected chi connectivity index (χ2v) is 4.41.